The molecule has 0 spiro atoms. The monoisotopic (exact) mass is 316 g/mol. The molecule has 0 amide bonds. The number of nitrogens with zero attached hydrogens (tertiary/aromatic N) is 1. The molecule has 1 aromatic rings. The summed E-state index contributed by atoms with van der Waals surface area (Å²) >= 11 is 0. The van der Waals surface area contributed by atoms with Crippen LogP contribution in [0, 0.1) is 16.0 Å². The van der Waals surface area contributed by atoms with Gasteiger partial charge in [0.05, 0.1) is 15.9 Å². The normalized spacial score (nSPS) is 13.4. The molecule has 0 saturated carbocycles. The lowest BCUT2D eigenvalue weighted by Crippen LogP contribution is -2.19. The summed E-state index contributed by atoms with van der Waals surface area (Å²) in [7, 11) is -2.50. The first-order valence-electron chi connectivity index (χ1n) is 6.56. The molecular formula is C13H20N2O5S. The Morgan fingerprint density at radius 3 is 2.48 bits per heavy atom. The van der Waals surface area contributed by atoms with Gasteiger partial charge in [0.25, 0.3) is 5.69 Å². The minimum absolute atomic E-state index is 0.119. The molecule has 1 unspecified atom stereocenters. The minimum atomic E-state index is -3.74. The summed E-state index contributed by atoms with van der Waals surface area (Å²) in [6, 6.07) is 3.70. The van der Waals surface area contributed by atoms with E-state index in [2.05, 4.69) is 4.72 Å². The maximum atomic E-state index is 11.7. The summed E-state index contributed by atoms with van der Waals surface area (Å²) in [5, 5.41) is 21.0. The van der Waals surface area contributed by atoms with Crippen LogP contribution in [0.25, 0.3) is 0 Å². The minimum Gasteiger partial charge on any atom is -0.393 e. The van der Waals surface area contributed by atoms with Gasteiger partial charge < -0.3 is 5.11 Å². The van der Waals surface area contributed by atoms with Gasteiger partial charge in [-0.1, -0.05) is 19.9 Å². The Kier molecular flexibility index (Phi) is 5.82. The lowest BCUT2D eigenvalue weighted by molar-refractivity contribution is -0.385. The van der Waals surface area contributed by atoms with Gasteiger partial charge in [-0.3, -0.25) is 10.1 Å². The van der Waals surface area contributed by atoms with Crippen LogP contribution in [0.5, 0.6) is 0 Å². The van der Waals surface area contributed by atoms with Gasteiger partial charge in [-0.2, -0.15) is 0 Å². The lowest BCUT2D eigenvalue weighted by atomic mass is 9.99. The van der Waals surface area contributed by atoms with Crippen LogP contribution in [0.3, 0.4) is 0 Å². The van der Waals surface area contributed by atoms with Crippen LogP contribution in [0.4, 0.5) is 5.69 Å². The smallest absolute Gasteiger partial charge is 0.274 e. The zero-order chi connectivity index (χ0) is 16.2. The van der Waals surface area contributed by atoms with E-state index in [1.807, 2.05) is 13.8 Å². The topological polar surface area (TPSA) is 110 Å². The van der Waals surface area contributed by atoms with Crippen LogP contribution in [0.2, 0.25) is 0 Å². The molecule has 0 bridgehead atoms. The highest BCUT2D eigenvalue weighted by molar-refractivity contribution is 7.89. The third kappa shape index (κ3) is 4.76. The summed E-state index contributed by atoms with van der Waals surface area (Å²) in [6.45, 7) is 3.89. The fraction of sp³-hybridized carbons (Fsp3) is 0.538. The van der Waals surface area contributed by atoms with Gasteiger partial charge in [0, 0.05) is 18.1 Å². The van der Waals surface area contributed by atoms with Crippen LogP contribution in [-0.2, 0) is 16.4 Å². The highest BCUT2D eigenvalue weighted by Gasteiger charge is 2.22. The molecule has 21 heavy (non-hydrogen) atoms. The van der Waals surface area contributed by atoms with Gasteiger partial charge in [-0.05, 0) is 25.5 Å². The van der Waals surface area contributed by atoms with E-state index in [-0.39, 0.29) is 22.9 Å². The molecular weight excluding hydrogens is 296 g/mol. The summed E-state index contributed by atoms with van der Waals surface area (Å²) in [4.78, 5) is 10.3. The van der Waals surface area contributed by atoms with Gasteiger partial charge in [0.15, 0.2) is 0 Å². The Hall–Kier alpha value is -1.51. The molecule has 2 N–H and O–H groups in total. The zero-order valence-electron chi connectivity index (χ0n) is 12.2. The molecule has 0 saturated heterocycles. The van der Waals surface area contributed by atoms with Gasteiger partial charge in [0.2, 0.25) is 10.0 Å². The largest absolute Gasteiger partial charge is 0.393 e. The Labute approximate surface area is 124 Å². The second-order valence-electron chi connectivity index (χ2n) is 5.24. The molecule has 1 aromatic carbocycles. The fourth-order valence-corrected chi connectivity index (χ4v) is 2.80. The van der Waals surface area contributed by atoms with Gasteiger partial charge in [-0.25, -0.2) is 13.1 Å². The van der Waals surface area contributed by atoms with E-state index in [4.69, 9.17) is 0 Å². The molecule has 0 heterocycles. The first kappa shape index (κ1) is 17.5. The quantitative estimate of drug-likeness (QED) is 0.584. The van der Waals surface area contributed by atoms with E-state index in [1.54, 1.807) is 0 Å². The van der Waals surface area contributed by atoms with Crippen molar-refractivity contribution < 1.29 is 18.4 Å². The van der Waals surface area contributed by atoms with Gasteiger partial charge >= 0.3 is 0 Å². The van der Waals surface area contributed by atoms with Crippen LogP contribution < -0.4 is 4.72 Å². The van der Waals surface area contributed by atoms with Gasteiger partial charge in [-0.15, -0.1) is 0 Å². The second-order valence-corrected chi connectivity index (χ2v) is 7.13. The predicted molar refractivity (Wildman–Crippen MR) is 78.5 cm³/mol. The first-order valence-corrected chi connectivity index (χ1v) is 8.04. The lowest BCUT2D eigenvalue weighted by Gasteiger charge is -2.13. The summed E-state index contributed by atoms with van der Waals surface area (Å²) in [6.07, 6.45) is -0.0577. The number of nitro groups is 1. The standard InChI is InChI=1S/C13H20N2O5S/c1-9(2)6-11(16)7-10-4-5-12(21(19,20)14-3)8-13(10)15(17)18/h4-5,8-9,11,14,16H,6-7H2,1-3H3. The van der Waals surface area contributed by atoms with E-state index < -0.39 is 21.1 Å². The maximum Gasteiger partial charge on any atom is 0.274 e. The summed E-state index contributed by atoms with van der Waals surface area (Å²) in [5.41, 5.74) is 0.0253. The van der Waals surface area contributed by atoms with E-state index >= 15 is 0 Å². The van der Waals surface area contributed by atoms with E-state index in [1.165, 1.54) is 19.2 Å². The van der Waals surface area contributed by atoms with Crippen molar-refractivity contribution in [2.45, 2.75) is 37.7 Å². The van der Waals surface area contributed by atoms with E-state index in [0.717, 1.165) is 6.07 Å². The van der Waals surface area contributed by atoms with Crippen LogP contribution in [0.1, 0.15) is 25.8 Å². The molecule has 0 aliphatic carbocycles. The molecule has 8 heteroatoms. The van der Waals surface area contributed by atoms with Crippen molar-refractivity contribution in [3.05, 3.63) is 33.9 Å². The Bertz CT molecular complexity index is 613. The van der Waals surface area contributed by atoms with E-state index in [0.29, 0.717) is 12.0 Å². The number of nitrogens with one attached hydrogen (secondary N) is 1. The maximum absolute atomic E-state index is 11.7. The third-order valence-corrected chi connectivity index (χ3v) is 4.44. The molecule has 0 radical (unpaired) electrons. The Morgan fingerprint density at radius 2 is 2.00 bits per heavy atom. The first-order chi connectivity index (χ1) is 9.67. The van der Waals surface area contributed by atoms with Crippen LogP contribution >= 0.6 is 0 Å². The number of hydrogen-bond donors (Lipinski definition) is 2. The van der Waals surface area contributed by atoms with Crippen molar-refractivity contribution >= 4 is 15.7 Å². The van der Waals surface area contributed by atoms with Crippen molar-refractivity contribution in [2.75, 3.05) is 7.05 Å². The zero-order valence-corrected chi connectivity index (χ0v) is 13.1. The van der Waals surface area contributed by atoms with Gasteiger partial charge in [0.1, 0.15) is 0 Å². The number of hydrogen-bond acceptors (Lipinski definition) is 5. The average molecular weight is 316 g/mol. The molecule has 0 fully saturated rings. The number of sulfonamides is 1. The van der Waals surface area contributed by atoms with Crippen LogP contribution in [-0.4, -0.2) is 31.6 Å². The number of nitro benzene ring substituents is 1. The number of benzene rings is 1. The van der Waals surface area contributed by atoms with Crippen molar-refractivity contribution in [3.63, 3.8) is 0 Å². The summed E-state index contributed by atoms with van der Waals surface area (Å²) < 4.78 is 25.5. The van der Waals surface area contributed by atoms with Crippen LogP contribution in [0.15, 0.2) is 23.1 Å². The van der Waals surface area contributed by atoms with Crippen molar-refractivity contribution in [3.8, 4) is 0 Å². The second kappa shape index (κ2) is 6.97. The van der Waals surface area contributed by atoms with Crippen molar-refractivity contribution in [1.82, 2.24) is 4.72 Å². The molecule has 1 rings (SSSR count). The third-order valence-electron chi connectivity index (χ3n) is 3.03. The number of rotatable bonds is 7. The van der Waals surface area contributed by atoms with Crippen molar-refractivity contribution in [2.24, 2.45) is 5.92 Å². The SMILES string of the molecule is CNS(=O)(=O)c1ccc(CC(O)CC(C)C)c([N+](=O)[O-])c1. The molecule has 118 valence electrons. The molecule has 1 atom stereocenters. The highest BCUT2D eigenvalue weighted by atomic mass is 32.2. The average Bonchev–Trinajstić information content (AvgIpc) is 2.37. The summed E-state index contributed by atoms with van der Waals surface area (Å²) in [5.74, 6) is 0.267. The predicted octanol–water partition coefficient (Wildman–Crippen LogP) is 1.45. The molecule has 7 nitrogen and oxygen atoms in total. The molecule has 0 aliphatic heterocycles. The highest BCUT2D eigenvalue weighted by Crippen LogP contribution is 2.25. The Morgan fingerprint density at radius 1 is 1.38 bits per heavy atom. The van der Waals surface area contributed by atoms with E-state index in [9.17, 15) is 23.6 Å². The Balaban J connectivity index is 3.14. The number of aliphatic hydroxyl groups excluding tert-OH is 1. The van der Waals surface area contributed by atoms with Crippen molar-refractivity contribution in [1.29, 1.82) is 0 Å². The fourth-order valence-electron chi connectivity index (χ4n) is 2.05. The molecule has 0 aliphatic rings. The number of aliphatic hydroxyl groups is 1. The molecule has 0 aromatic heterocycles.